The van der Waals surface area contributed by atoms with Crippen LogP contribution in [-0.4, -0.2) is 24.6 Å². The number of rotatable bonds is 7. The number of nitrogens with one attached hydrogen (secondary N) is 2. The van der Waals surface area contributed by atoms with Crippen LogP contribution in [0.25, 0.3) is 0 Å². The van der Waals surface area contributed by atoms with Crippen LogP contribution in [0, 0.1) is 0 Å². The predicted octanol–water partition coefficient (Wildman–Crippen LogP) is 2.80. The second-order valence-electron chi connectivity index (χ2n) is 4.89. The van der Waals surface area contributed by atoms with Crippen LogP contribution in [0.5, 0.6) is 5.75 Å². The highest BCUT2D eigenvalue weighted by Gasteiger charge is 2.08. The van der Waals surface area contributed by atoms with E-state index in [-0.39, 0.29) is 24.6 Å². The SMILES string of the molecule is CCC(C)NC(=O)CNc1ccccc1OC(C)C. The zero-order chi connectivity index (χ0) is 14.3. The first-order valence-corrected chi connectivity index (χ1v) is 6.81. The standard InChI is InChI=1S/C15H24N2O2/c1-5-12(4)17-15(18)10-16-13-8-6-7-9-14(13)19-11(2)3/h6-9,11-12,16H,5,10H2,1-4H3,(H,17,18). The van der Waals surface area contributed by atoms with E-state index in [4.69, 9.17) is 4.74 Å². The van der Waals surface area contributed by atoms with Crippen molar-refractivity contribution in [2.45, 2.75) is 46.3 Å². The van der Waals surface area contributed by atoms with E-state index in [1.807, 2.05) is 52.0 Å². The van der Waals surface area contributed by atoms with Gasteiger partial charge in [0.1, 0.15) is 5.75 Å². The zero-order valence-corrected chi connectivity index (χ0v) is 12.2. The van der Waals surface area contributed by atoms with Gasteiger partial charge in [0, 0.05) is 6.04 Å². The fourth-order valence-electron chi connectivity index (χ4n) is 1.57. The minimum absolute atomic E-state index is 0.00583. The number of hydrogen-bond acceptors (Lipinski definition) is 3. The Balaban J connectivity index is 2.55. The molecule has 0 bridgehead atoms. The Kier molecular flexibility index (Phi) is 6.19. The van der Waals surface area contributed by atoms with Gasteiger partial charge in [-0.15, -0.1) is 0 Å². The molecule has 0 fully saturated rings. The highest BCUT2D eigenvalue weighted by molar-refractivity contribution is 5.81. The summed E-state index contributed by atoms with van der Waals surface area (Å²) in [6.07, 6.45) is 1.04. The monoisotopic (exact) mass is 264 g/mol. The molecule has 1 rings (SSSR count). The van der Waals surface area contributed by atoms with Gasteiger partial charge in [0.2, 0.25) is 5.91 Å². The second kappa shape index (κ2) is 7.67. The molecule has 0 aliphatic carbocycles. The number of anilines is 1. The molecule has 0 aliphatic rings. The van der Waals surface area contributed by atoms with Crippen molar-refractivity contribution in [1.29, 1.82) is 0 Å². The average molecular weight is 264 g/mol. The summed E-state index contributed by atoms with van der Waals surface area (Å²) < 4.78 is 5.69. The Morgan fingerprint density at radius 3 is 2.58 bits per heavy atom. The van der Waals surface area contributed by atoms with Gasteiger partial charge >= 0.3 is 0 Å². The summed E-state index contributed by atoms with van der Waals surface area (Å²) in [5, 5.41) is 6.03. The van der Waals surface area contributed by atoms with Crippen LogP contribution in [0.2, 0.25) is 0 Å². The molecule has 0 aromatic heterocycles. The first-order chi connectivity index (χ1) is 9.02. The van der Waals surface area contributed by atoms with Gasteiger partial charge in [-0.1, -0.05) is 19.1 Å². The Morgan fingerprint density at radius 2 is 1.95 bits per heavy atom. The number of para-hydroxylation sites is 2. The van der Waals surface area contributed by atoms with Gasteiger partial charge in [-0.3, -0.25) is 4.79 Å². The molecule has 0 saturated heterocycles. The maximum atomic E-state index is 11.7. The molecule has 19 heavy (non-hydrogen) atoms. The van der Waals surface area contributed by atoms with Crippen LogP contribution in [-0.2, 0) is 4.79 Å². The summed E-state index contributed by atoms with van der Waals surface area (Å²) in [5.74, 6) is 0.766. The van der Waals surface area contributed by atoms with Crippen molar-refractivity contribution in [2.24, 2.45) is 0 Å². The van der Waals surface area contributed by atoms with Gasteiger partial charge in [-0.25, -0.2) is 0 Å². The van der Waals surface area contributed by atoms with Gasteiger partial charge in [0.05, 0.1) is 18.3 Å². The molecule has 2 N–H and O–H groups in total. The molecule has 4 heteroatoms. The minimum Gasteiger partial charge on any atom is -0.489 e. The highest BCUT2D eigenvalue weighted by atomic mass is 16.5. The van der Waals surface area contributed by atoms with Crippen molar-refractivity contribution in [3.8, 4) is 5.75 Å². The molecule has 4 nitrogen and oxygen atoms in total. The lowest BCUT2D eigenvalue weighted by atomic mass is 10.2. The molecule has 1 atom stereocenters. The molecule has 106 valence electrons. The van der Waals surface area contributed by atoms with E-state index in [2.05, 4.69) is 10.6 Å². The van der Waals surface area contributed by atoms with E-state index in [1.165, 1.54) is 0 Å². The number of benzene rings is 1. The molecule has 0 spiro atoms. The number of amides is 1. The molecule has 0 saturated carbocycles. The lowest BCUT2D eigenvalue weighted by Crippen LogP contribution is -2.36. The van der Waals surface area contributed by atoms with Gasteiger partial charge in [-0.2, -0.15) is 0 Å². The van der Waals surface area contributed by atoms with E-state index < -0.39 is 0 Å². The molecule has 0 aliphatic heterocycles. The van der Waals surface area contributed by atoms with Crippen molar-refractivity contribution < 1.29 is 9.53 Å². The van der Waals surface area contributed by atoms with Gasteiger partial charge < -0.3 is 15.4 Å². The van der Waals surface area contributed by atoms with E-state index >= 15 is 0 Å². The normalized spacial score (nSPS) is 12.1. The van der Waals surface area contributed by atoms with E-state index in [9.17, 15) is 4.79 Å². The predicted molar refractivity (Wildman–Crippen MR) is 78.6 cm³/mol. The Bertz CT molecular complexity index is 405. The summed E-state index contributed by atoms with van der Waals surface area (Å²) >= 11 is 0. The molecule has 0 radical (unpaired) electrons. The van der Waals surface area contributed by atoms with Crippen LogP contribution in [0.3, 0.4) is 0 Å². The van der Waals surface area contributed by atoms with Crippen LogP contribution < -0.4 is 15.4 Å². The fraction of sp³-hybridized carbons (Fsp3) is 0.533. The molecule has 0 heterocycles. The maximum absolute atomic E-state index is 11.7. The Morgan fingerprint density at radius 1 is 1.26 bits per heavy atom. The first-order valence-electron chi connectivity index (χ1n) is 6.81. The summed E-state index contributed by atoms with van der Waals surface area (Å²) in [4.78, 5) is 11.7. The van der Waals surface area contributed by atoms with Crippen molar-refractivity contribution >= 4 is 11.6 Å². The largest absolute Gasteiger partial charge is 0.489 e. The van der Waals surface area contributed by atoms with E-state index in [0.29, 0.717) is 0 Å². The van der Waals surface area contributed by atoms with Gasteiger partial charge in [0.15, 0.2) is 0 Å². The topological polar surface area (TPSA) is 50.4 Å². The quantitative estimate of drug-likeness (QED) is 0.796. The molecule has 1 aromatic rings. The molecular weight excluding hydrogens is 240 g/mol. The summed E-state index contributed by atoms with van der Waals surface area (Å²) in [6, 6.07) is 7.85. The summed E-state index contributed by atoms with van der Waals surface area (Å²) in [5.41, 5.74) is 0.843. The molecular formula is C15H24N2O2. The van der Waals surface area contributed by atoms with Gasteiger partial charge in [0.25, 0.3) is 0 Å². The van der Waals surface area contributed by atoms with Crippen LogP contribution in [0.1, 0.15) is 34.1 Å². The van der Waals surface area contributed by atoms with Gasteiger partial charge in [-0.05, 0) is 39.3 Å². The second-order valence-corrected chi connectivity index (χ2v) is 4.89. The minimum atomic E-state index is -0.00583. The lowest BCUT2D eigenvalue weighted by molar-refractivity contribution is -0.120. The third-order valence-electron chi connectivity index (χ3n) is 2.71. The Labute approximate surface area is 115 Å². The average Bonchev–Trinajstić information content (AvgIpc) is 2.37. The van der Waals surface area contributed by atoms with Crippen molar-refractivity contribution in [3.63, 3.8) is 0 Å². The molecule has 1 aromatic carbocycles. The lowest BCUT2D eigenvalue weighted by Gasteiger charge is -2.16. The maximum Gasteiger partial charge on any atom is 0.239 e. The Hall–Kier alpha value is -1.71. The van der Waals surface area contributed by atoms with Crippen LogP contribution >= 0.6 is 0 Å². The number of hydrogen-bond donors (Lipinski definition) is 2. The summed E-state index contributed by atoms with van der Waals surface area (Å²) in [6.45, 7) is 8.25. The van der Waals surface area contributed by atoms with Crippen molar-refractivity contribution in [1.82, 2.24) is 5.32 Å². The smallest absolute Gasteiger partial charge is 0.239 e. The van der Waals surface area contributed by atoms with Crippen molar-refractivity contribution in [3.05, 3.63) is 24.3 Å². The number of carbonyl (C=O) groups is 1. The highest BCUT2D eigenvalue weighted by Crippen LogP contribution is 2.24. The van der Waals surface area contributed by atoms with E-state index in [1.54, 1.807) is 0 Å². The van der Waals surface area contributed by atoms with Crippen LogP contribution in [0.4, 0.5) is 5.69 Å². The van der Waals surface area contributed by atoms with Crippen LogP contribution in [0.15, 0.2) is 24.3 Å². The number of ether oxygens (including phenoxy) is 1. The summed E-state index contributed by atoms with van der Waals surface area (Å²) in [7, 11) is 0. The zero-order valence-electron chi connectivity index (χ0n) is 12.2. The molecule has 1 unspecified atom stereocenters. The first kappa shape index (κ1) is 15.3. The third-order valence-corrected chi connectivity index (χ3v) is 2.71. The van der Waals surface area contributed by atoms with Crippen molar-refractivity contribution in [2.75, 3.05) is 11.9 Å². The van der Waals surface area contributed by atoms with E-state index in [0.717, 1.165) is 17.9 Å². The molecule has 1 amide bonds. The fourth-order valence-corrected chi connectivity index (χ4v) is 1.57. The number of carbonyl (C=O) groups excluding carboxylic acids is 1. The third kappa shape index (κ3) is 5.64.